The molecule has 3 aromatic rings. The SMILES string of the molecule is N#CC1(NC(=O)C2CCCCC2c2nc(-c3cc(F)cc(F)c3)sc2-c2ccc(N3CCS(=O)(=O)CC3)cc2)CC1. The first-order chi connectivity index (χ1) is 19.7. The van der Waals surface area contributed by atoms with Crippen molar-refractivity contribution in [2.45, 2.75) is 50.0 Å². The number of hydrogen-bond acceptors (Lipinski definition) is 7. The van der Waals surface area contributed by atoms with Crippen molar-refractivity contribution in [3.8, 4) is 27.1 Å². The zero-order chi connectivity index (χ0) is 28.8. The maximum atomic E-state index is 14.1. The molecular weight excluding hydrogens is 566 g/mol. The highest BCUT2D eigenvalue weighted by atomic mass is 32.2. The average Bonchev–Trinajstić information content (AvgIpc) is 3.59. The Morgan fingerprint density at radius 3 is 2.32 bits per heavy atom. The lowest BCUT2D eigenvalue weighted by Crippen LogP contribution is -2.42. The Labute approximate surface area is 242 Å². The third kappa shape index (κ3) is 5.86. The molecule has 1 aliphatic heterocycles. The molecule has 1 N–H and O–H groups in total. The Morgan fingerprint density at radius 2 is 1.68 bits per heavy atom. The summed E-state index contributed by atoms with van der Waals surface area (Å²) in [5, 5.41) is 13.0. The van der Waals surface area contributed by atoms with E-state index in [-0.39, 0.29) is 29.2 Å². The zero-order valence-corrected chi connectivity index (χ0v) is 24.0. The first kappa shape index (κ1) is 27.8. The summed E-state index contributed by atoms with van der Waals surface area (Å²) < 4.78 is 52.0. The highest BCUT2D eigenvalue weighted by Crippen LogP contribution is 2.47. The van der Waals surface area contributed by atoms with E-state index in [2.05, 4.69) is 11.4 Å². The molecular formula is C30H30F2N4O3S2. The van der Waals surface area contributed by atoms with E-state index >= 15 is 0 Å². The number of carbonyl (C=O) groups is 1. The summed E-state index contributed by atoms with van der Waals surface area (Å²) in [4.78, 5) is 21.2. The van der Waals surface area contributed by atoms with Crippen LogP contribution < -0.4 is 10.2 Å². The van der Waals surface area contributed by atoms with Crippen molar-refractivity contribution < 1.29 is 22.0 Å². The molecule has 0 spiro atoms. The van der Waals surface area contributed by atoms with Crippen LogP contribution in [0.3, 0.4) is 0 Å². The van der Waals surface area contributed by atoms with Gasteiger partial charge in [0.25, 0.3) is 0 Å². The third-order valence-corrected chi connectivity index (χ3v) is 11.2. The molecule has 0 bridgehead atoms. The van der Waals surface area contributed by atoms with Crippen molar-refractivity contribution in [3.05, 3.63) is 59.8 Å². The molecule has 11 heteroatoms. The Balaban J connectivity index is 1.37. The van der Waals surface area contributed by atoms with E-state index in [1.165, 1.54) is 23.5 Å². The Morgan fingerprint density at radius 1 is 1.02 bits per heavy atom. The lowest BCUT2D eigenvalue weighted by Gasteiger charge is -2.31. The molecule has 2 saturated carbocycles. The highest BCUT2D eigenvalue weighted by Gasteiger charge is 2.47. The van der Waals surface area contributed by atoms with Crippen molar-refractivity contribution in [1.29, 1.82) is 5.26 Å². The number of nitriles is 1. The number of anilines is 1. The second kappa shape index (κ2) is 10.8. The van der Waals surface area contributed by atoms with Crippen LogP contribution >= 0.6 is 11.3 Å². The van der Waals surface area contributed by atoms with Crippen LogP contribution in [0, 0.1) is 28.9 Å². The third-order valence-electron chi connectivity index (χ3n) is 8.38. The average molecular weight is 597 g/mol. The summed E-state index contributed by atoms with van der Waals surface area (Å²) in [5.41, 5.74) is 2.09. The molecule has 214 valence electrons. The lowest BCUT2D eigenvalue weighted by molar-refractivity contribution is -0.127. The van der Waals surface area contributed by atoms with Gasteiger partial charge < -0.3 is 10.2 Å². The molecule has 1 amide bonds. The van der Waals surface area contributed by atoms with Gasteiger partial charge in [0.1, 0.15) is 22.2 Å². The minimum Gasteiger partial charge on any atom is -0.369 e. The van der Waals surface area contributed by atoms with Gasteiger partial charge >= 0.3 is 0 Å². The molecule has 3 aliphatic rings. The van der Waals surface area contributed by atoms with Gasteiger partial charge in [0, 0.05) is 42.2 Å². The number of carbonyl (C=O) groups excluding carboxylic acids is 1. The molecule has 1 saturated heterocycles. The summed E-state index contributed by atoms with van der Waals surface area (Å²) in [7, 11) is -3.00. The maximum Gasteiger partial charge on any atom is 0.225 e. The molecule has 2 unspecified atom stereocenters. The molecule has 41 heavy (non-hydrogen) atoms. The van der Waals surface area contributed by atoms with Crippen molar-refractivity contribution in [3.63, 3.8) is 0 Å². The molecule has 0 radical (unpaired) electrons. The van der Waals surface area contributed by atoms with Gasteiger partial charge in [-0.3, -0.25) is 4.79 Å². The molecule has 2 aromatic carbocycles. The molecule has 6 rings (SSSR count). The van der Waals surface area contributed by atoms with Gasteiger partial charge in [-0.2, -0.15) is 5.26 Å². The number of thiazole rings is 1. The number of benzene rings is 2. The van der Waals surface area contributed by atoms with Crippen LogP contribution in [-0.4, -0.2) is 49.4 Å². The number of nitrogens with zero attached hydrogens (tertiary/aromatic N) is 3. The highest BCUT2D eigenvalue weighted by molar-refractivity contribution is 7.91. The number of hydrogen-bond donors (Lipinski definition) is 1. The normalized spacial score (nSPS) is 23.0. The number of amides is 1. The van der Waals surface area contributed by atoms with Crippen molar-refractivity contribution >= 4 is 32.8 Å². The van der Waals surface area contributed by atoms with Gasteiger partial charge in [-0.05, 0) is 55.5 Å². The lowest BCUT2D eigenvalue weighted by atomic mass is 9.76. The van der Waals surface area contributed by atoms with Gasteiger partial charge in [0.15, 0.2) is 9.84 Å². The number of sulfone groups is 1. The van der Waals surface area contributed by atoms with E-state index in [0.717, 1.165) is 47.2 Å². The fourth-order valence-corrected chi connectivity index (χ4v) is 8.21. The summed E-state index contributed by atoms with van der Waals surface area (Å²) in [6.07, 6.45) is 4.55. The predicted molar refractivity (Wildman–Crippen MR) is 154 cm³/mol. The van der Waals surface area contributed by atoms with E-state index in [4.69, 9.17) is 4.98 Å². The Kier molecular flexibility index (Phi) is 7.32. The number of nitrogens with one attached hydrogen (secondary N) is 1. The summed E-state index contributed by atoms with van der Waals surface area (Å²) >= 11 is 1.34. The molecule has 3 fully saturated rings. The fraction of sp³-hybridized carbons (Fsp3) is 0.433. The van der Waals surface area contributed by atoms with Crippen LogP contribution in [-0.2, 0) is 14.6 Å². The van der Waals surface area contributed by atoms with Crippen molar-refractivity contribution in [1.82, 2.24) is 10.3 Å². The molecule has 2 heterocycles. The summed E-state index contributed by atoms with van der Waals surface area (Å²) in [6, 6.07) is 13.4. The Hall–Kier alpha value is -3.36. The van der Waals surface area contributed by atoms with Gasteiger partial charge in [-0.25, -0.2) is 22.2 Å². The van der Waals surface area contributed by atoms with Crippen LogP contribution in [0.2, 0.25) is 0 Å². The Bertz CT molecular complexity index is 1590. The number of halogens is 2. The van der Waals surface area contributed by atoms with Crippen molar-refractivity contribution in [2.75, 3.05) is 29.5 Å². The monoisotopic (exact) mass is 596 g/mol. The van der Waals surface area contributed by atoms with E-state index in [9.17, 15) is 27.3 Å². The largest absolute Gasteiger partial charge is 0.369 e. The topological polar surface area (TPSA) is 103 Å². The maximum absolute atomic E-state index is 14.1. The fourth-order valence-electron chi connectivity index (χ4n) is 5.88. The number of aromatic nitrogens is 1. The summed E-state index contributed by atoms with van der Waals surface area (Å²) in [6.45, 7) is 0.873. The van der Waals surface area contributed by atoms with Gasteiger partial charge in [0.05, 0.1) is 28.1 Å². The van der Waals surface area contributed by atoms with Gasteiger partial charge in [0.2, 0.25) is 5.91 Å². The summed E-state index contributed by atoms with van der Waals surface area (Å²) in [5.74, 6) is -1.83. The van der Waals surface area contributed by atoms with Crippen LogP contribution in [0.5, 0.6) is 0 Å². The van der Waals surface area contributed by atoms with Gasteiger partial charge in [-0.1, -0.05) is 25.0 Å². The van der Waals surface area contributed by atoms with E-state index in [1.807, 2.05) is 29.2 Å². The van der Waals surface area contributed by atoms with Crippen LogP contribution in [0.4, 0.5) is 14.5 Å². The van der Waals surface area contributed by atoms with Crippen LogP contribution in [0.15, 0.2) is 42.5 Å². The van der Waals surface area contributed by atoms with Crippen LogP contribution in [0.25, 0.3) is 21.0 Å². The second-order valence-corrected chi connectivity index (χ2v) is 14.6. The first-order valence-corrected chi connectivity index (χ1v) is 16.6. The quantitative estimate of drug-likeness (QED) is 0.407. The molecule has 7 nitrogen and oxygen atoms in total. The van der Waals surface area contributed by atoms with E-state index in [1.54, 1.807) is 0 Å². The second-order valence-electron chi connectivity index (χ2n) is 11.3. The zero-order valence-electron chi connectivity index (χ0n) is 22.4. The van der Waals surface area contributed by atoms with Crippen LogP contribution in [0.1, 0.15) is 50.1 Å². The standard InChI is InChI=1S/C30H30F2N4O3S2/c31-21-15-20(16-22(32)17-21)29-34-26(24-3-1-2-4-25(24)28(37)35-30(18-33)9-10-30)27(40-29)19-5-7-23(8-6-19)36-11-13-41(38,39)14-12-36/h5-8,15-17,24-25H,1-4,9-14H2,(H,35,37). The minimum atomic E-state index is -3.00. The molecule has 2 aliphatic carbocycles. The minimum absolute atomic E-state index is 0.125. The van der Waals surface area contributed by atoms with E-state index in [0.29, 0.717) is 42.9 Å². The predicted octanol–water partition coefficient (Wildman–Crippen LogP) is 5.44. The molecule has 1 aromatic heterocycles. The molecule has 2 atom stereocenters. The van der Waals surface area contributed by atoms with Crippen molar-refractivity contribution in [2.24, 2.45) is 5.92 Å². The van der Waals surface area contributed by atoms with Gasteiger partial charge in [-0.15, -0.1) is 11.3 Å². The van der Waals surface area contributed by atoms with E-state index < -0.39 is 27.0 Å². The smallest absolute Gasteiger partial charge is 0.225 e. The number of rotatable bonds is 6. The first-order valence-electron chi connectivity index (χ1n) is 13.9.